The molecule has 3 aromatic rings. The Balaban J connectivity index is 1.42. The van der Waals surface area contributed by atoms with E-state index >= 15 is 4.39 Å². The molecule has 0 spiro atoms. The Morgan fingerprint density at radius 2 is 2.20 bits per heavy atom. The molecule has 9 heteroatoms. The lowest BCUT2D eigenvalue weighted by Crippen LogP contribution is -2.53. The van der Waals surface area contributed by atoms with Crippen LogP contribution in [0.3, 0.4) is 0 Å². The molecule has 0 N–H and O–H groups in total. The number of ether oxygens (including phenoxy) is 1. The van der Waals surface area contributed by atoms with Crippen molar-refractivity contribution < 1.29 is 13.9 Å². The van der Waals surface area contributed by atoms with Crippen molar-refractivity contribution in [2.75, 3.05) is 13.1 Å². The molecule has 4 atom stereocenters. The molecule has 1 saturated heterocycles. The normalized spacial score (nSPS) is 26.3. The maximum atomic E-state index is 15.3. The molecule has 4 unspecified atom stereocenters. The van der Waals surface area contributed by atoms with Gasteiger partial charge in [0.25, 0.3) is 11.7 Å². The van der Waals surface area contributed by atoms with Crippen LogP contribution in [-0.4, -0.2) is 55.0 Å². The van der Waals surface area contributed by atoms with Crippen LogP contribution < -0.4 is 4.74 Å². The number of halogens is 1. The molecule has 0 saturated carbocycles. The van der Waals surface area contributed by atoms with Crippen LogP contribution >= 0.6 is 9.24 Å². The molecule has 1 aromatic carbocycles. The first kappa shape index (κ1) is 19.4. The number of hydrogen-bond donors (Lipinski definition) is 0. The van der Waals surface area contributed by atoms with Gasteiger partial charge in [-0.3, -0.25) is 4.79 Å². The van der Waals surface area contributed by atoms with Gasteiger partial charge in [-0.2, -0.15) is 10.1 Å². The van der Waals surface area contributed by atoms with E-state index in [9.17, 15) is 4.79 Å². The summed E-state index contributed by atoms with van der Waals surface area (Å²) in [6.07, 6.45) is 2.48. The number of likely N-dealkylation sites (tertiary alicyclic amines) is 1. The van der Waals surface area contributed by atoms with Crippen molar-refractivity contribution in [3.63, 3.8) is 0 Å². The number of rotatable bonds is 2. The average molecular weight is 427 g/mol. The monoisotopic (exact) mass is 427 g/mol. The van der Waals surface area contributed by atoms with Crippen LogP contribution in [0.15, 0.2) is 36.7 Å². The lowest BCUT2D eigenvalue weighted by Gasteiger charge is -2.41. The van der Waals surface area contributed by atoms with E-state index < -0.39 is 11.5 Å². The Labute approximate surface area is 175 Å². The van der Waals surface area contributed by atoms with E-state index in [0.717, 1.165) is 29.1 Å². The van der Waals surface area contributed by atoms with Gasteiger partial charge < -0.3 is 9.64 Å². The second-order valence-corrected chi connectivity index (χ2v) is 9.24. The minimum atomic E-state index is -1.59. The number of carbonyl (C=O) groups excluding carboxylic acids is 1. The highest BCUT2D eigenvalue weighted by atomic mass is 31.0. The van der Waals surface area contributed by atoms with Crippen molar-refractivity contribution in [3.8, 4) is 5.75 Å². The van der Waals surface area contributed by atoms with E-state index in [2.05, 4.69) is 24.3 Å². The van der Waals surface area contributed by atoms with Gasteiger partial charge in [-0.15, -0.1) is 0 Å². The van der Waals surface area contributed by atoms with Crippen LogP contribution in [0, 0.1) is 6.92 Å². The fourth-order valence-corrected chi connectivity index (χ4v) is 5.01. The van der Waals surface area contributed by atoms with Crippen molar-refractivity contribution in [1.82, 2.24) is 24.5 Å². The van der Waals surface area contributed by atoms with Gasteiger partial charge in [0.15, 0.2) is 6.10 Å². The molecular weight excluding hydrogens is 404 g/mol. The smallest absolute Gasteiger partial charge is 0.263 e. The zero-order valence-electron chi connectivity index (χ0n) is 16.7. The fourth-order valence-electron chi connectivity index (χ4n) is 4.50. The Bertz CT molecular complexity index is 1120. The van der Waals surface area contributed by atoms with Gasteiger partial charge in [0.1, 0.15) is 17.5 Å². The zero-order valence-corrected chi connectivity index (χ0v) is 17.8. The van der Waals surface area contributed by atoms with Gasteiger partial charge >= 0.3 is 0 Å². The van der Waals surface area contributed by atoms with E-state index in [-0.39, 0.29) is 24.8 Å². The third-order valence-corrected chi connectivity index (χ3v) is 6.23. The van der Waals surface area contributed by atoms with Crippen molar-refractivity contribution in [3.05, 3.63) is 53.6 Å². The summed E-state index contributed by atoms with van der Waals surface area (Å²) in [5.74, 6) is 0.822. The largest absolute Gasteiger partial charge is 0.480 e. The highest BCUT2D eigenvalue weighted by Gasteiger charge is 2.42. The highest BCUT2D eigenvalue weighted by molar-refractivity contribution is 7.18. The molecule has 2 aromatic heterocycles. The van der Waals surface area contributed by atoms with E-state index in [0.29, 0.717) is 18.7 Å². The van der Waals surface area contributed by atoms with E-state index in [1.165, 1.54) is 6.33 Å². The number of carbonyl (C=O) groups is 1. The lowest BCUT2D eigenvalue weighted by molar-refractivity contribution is -0.142. The Morgan fingerprint density at radius 1 is 1.37 bits per heavy atom. The summed E-state index contributed by atoms with van der Waals surface area (Å²) in [6.45, 7) is 2.30. The molecular formula is C21H23FN5O2P. The van der Waals surface area contributed by atoms with Gasteiger partial charge in [-0.25, -0.2) is 13.9 Å². The number of piperidine rings is 1. The van der Waals surface area contributed by atoms with Gasteiger partial charge in [0, 0.05) is 18.2 Å². The number of alkyl halides is 1. The van der Waals surface area contributed by atoms with Crippen molar-refractivity contribution in [2.45, 2.75) is 43.6 Å². The van der Waals surface area contributed by atoms with Crippen LogP contribution in [0.25, 0.3) is 5.78 Å². The Hall–Kier alpha value is -2.60. The third kappa shape index (κ3) is 3.54. The molecule has 5 rings (SSSR count). The van der Waals surface area contributed by atoms with E-state index in [4.69, 9.17) is 4.74 Å². The van der Waals surface area contributed by atoms with Crippen LogP contribution in [0.5, 0.6) is 5.75 Å². The number of aromatic nitrogens is 4. The summed E-state index contributed by atoms with van der Waals surface area (Å²) in [5.41, 5.74) is 2.70. The second kappa shape index (κ2) is 7.27. The van der Waals surface area contributed by atoms with Gasteiger partial charge in [-0.1, -0.05) is 27.4 Å². The first-order valence-corrected chi connectivity index (χ1v) is 10.7. The number of amides is 1. The number of para-hydroxylation sites is 1. The standard InChI is InChI=1S/C21H23FN5O2P/c1-13-8-16(27-20(25-13)23-12-24-27)15-9-21(22,30)11-26(10-15)19(28)18-7-6-14-4-2-3-5-17(14)29-18/h2-5,8,12,15,18H,6-7,9-11,30H2,1H3. The van der Waals surface area contributed by atoms with Crippen molar-refractivity contribution >= 4 is 20.9 Å². The second-order valence-electron chi connectivity index (χ2n) is 8.20. The maximum Gasteiger partial charge on any atom is 0.263 e. The molecule has 156 valence electrons. The fraction of sp³-hybridized carbons (Fsp3) is 0.429. The quantitative estimate of drug-likeness (QED) is 0.588. The van der Waals surface area contributed by atoms with Gasteiger partial charge in [-0.05, 0) is 43.9 Å². The lowest BCUT2D eigenvalue weighted by atomic mass is 9.91. The predicted octanol–water partition coefficient (Wildman–Crippen LogP) is 2.68. The number of aryl methyl sites for hydroxylation is 2. The average Bonchev–Trinajstić information content (AvgIpc) is 3.19. The molecule has 2 aliphatic heterocycles. The molecule has 30 heavy (non-hydrogen) atoms. The summed E-state index contributed by atoms with van der Waals surface area (Å²) in [7, 11) is 2.29. The molecule has 1 amide bonds. The number of hydrogen-bond acceptors (Lipinski definition) is 5. The summed E-state index contributed by atoms with van der Waals surface area (Å²) in [5, 5.41) is 2.67. The first-order chi connectivity index (χ1) is 14.4. The third-order valence-electron chi connectivity index (χ3n) is 5.81. The molecule has 1 fully saturated rings. The summed E-state index contributed by atoms with van der Waals surface area (Å²) in [4.78, 5) is 23.4. The predicted molar refractivity (Wildman–Crippen MR) is 112 cm³/mol. The Kier molecular flexibility index (Phi) is 4.69. The molecule has 7 nitrogen and oxygen atoms in total. The number of nitrogens with zero attached hydrogens (tertiary/aromatic N) is 5. The molecule has 2 aliphatic rings. The number of benzene rings is 1. The molecule has 0 aliphatic carbocycles. The van der Waals surface area contributed by atoms with E-state index in [1.54, 1.807) is 9.42 Å². The van der Waals surface area contributed by atoms with Crippen molar-refractivity contribution in [1.29, 1.82) is 0 Å². The summed E-state index contributed by atoms with van der Waals surface area (Å²) < 4.78 is 22.9. The summed E-state index contributed by atoms with van der Waals surface area (Å²) >= 11 is 0. The maximum absolute atomic E-state index is 15.3. The Morgan fingerprint density at radius 3 is 3.07 bits per heavy atom. The minimum Gasteiger partial charge on any atom is -0.480 e. The highest BCUT2D eigenvalue weighted by Crippen LogP contribution is 2.40. The molecule has 0 radical (unpaired) electrons. The number of fused-ring (bicyclic) bond motifs is 2. The summed E-state index contributed by atoms with van der Waals surface area (Å²) in [6, 6.07) is 9.65. The van der Waals surface area contributed by atoms with Crippen LogP contribution in [0.2, 0.25) is 0 Å². The van der Waals surface area contributed by atoms with Crippen LogP contribution in [0.1, 0.15) is 35.7 Å². The SMILES string of the molecule is Cc1cc(C2CN(C(=O)C3CCc4ccccc4O3)CC(F)(P)C2)n2ncnc2n1. The van der Waals surface area contributed by atoms with Crippen LogP contribution in [-0.2, 0) is 11.2 Å². The van der Waals surface area contributed by atoms with Crippen molar-refractivity contribution in [2.24, 2.45) is 0 Å². The van der Waals surface area contributed by atoms with Gasteiger partial charge in [0.05, 0.1) is 12.2 Å². The minimum absolute atomic E-state index is 0.0269. The zero-order chi connectivity index (χ0) is 20.9. The van der Waals surface area contributed by atoms with Gasteiger partial charge in [0.2, 0.25) is 0 Å². The molecule has 0 bridgehead atoms. The van der Waals surface area contributed by atoms with Crippen LogP contribution in [0.4, 0.5) is 4.39 Å². The topological polar surface area (TPSA) is 72.6 Å². The first-order valence-electron chi connectivity index (χ1n) is 10.1. The van der Waals surface area contributed by atoms with E-state index in [1.807, 2.05) is 37.3 Å². The molecule has 4 heterocycles.